The van der Waals surface area contributed by atoms with Gasteiger partial charge in [-0.2, -0.15) is 0 Å². The number of hydrogen-bond donors (Lipinski definition) is 4. The molecule has 1 amide bonds. The third-order valence-electron chi connectivity index (χ3n) is 6.08. The van der Waals surface area contributed by atoms with E-state index in [-0.39, 0.29) is 23.9 Å². The summed E-state index contributed by atoms with van der Waals surface area (Å²) in [5.41, 5.74) is 10.6. The second-order valence-corrected chi connectivity index (χ2v) is 9.03. The van der Waals surface area contributed by atoms with Crippen LogP contribution in [0.1, 0.15) is 53.9 Å². The van der Waals surface area contributed by atoms with Crippen LogP contribution in [0.4, 0.5) is 0 Å². The lowest BCUT2D eigenvalue weighted by Gasteiger charge is -2.31. The van der Waals surface area contributed by atoms with E-state index in [2.05, 4.69) is 38.3 Å². The Labute approximate surface area is 151 Å². The van der Waals surface area contributed by atoms with Gasteiger partial charge in [0.25, 0.3) is 0 Å². The number of rotatable bonds is 10. The van der Waals surface area contributed by atoms with Crippen LogP contribution in [0.15, 0.2) is 0 Å². The molecule has 2 aliphatic rings. The molecule has 2 fully saturated rings. The van der Waals surface area contributed by atoms with Crippen LogP contribution in [-0.2, 0) is 9.59 Å². The van der Waals surface area contributed by atoms with E-state index in [1.54, 1.807) is 0 Å². The maximum absolute atomic E-state index is 12.6. The van der Waals surface area contributed by atoms with E-state index >= 15 is 0 Å². The Bertz CT molecular complexity index is 510. The standard InChI is InChI=1S/C19H36N4O2/c1-11(2)6-16(22-17(25)19(21)7-14(19)9-20)13(5)23-18(10-24)8-15(18)12(3)4/h10-16,23H,6-9,20-21H2,1-5H3,(H,22,25)/t13?,14-,15-,16+,18?,19?/m0/s1. The zero-order valence-corrected chi connectivity index (χ0v) is 16.3. The summed E-state index contributed by atoms with van der Waals surface area (Å²) < 4.78 is 0. The Morgan fingerprint density at radius 1 is 1.24 bits per heavy atom. The van der Waals surface area contributed by atoms with Crippen molar-refractivity contribution in [2.45, 2.75) is 77.0 Å². The lowest BCUT2D eigenvalue weighted by molar-refractivity contribution is -0.124. The summed E-state index contributed by atoms with van der Waals surface area (Å²) in [6.45, 7) is 11.0. The molecule has 3 unspecified atom stereocenters. The first kappa shape index (κ1) is 20.3. The summed E-state index contributed by atoms with van der Waals surface area (Å²) in [6.07, 6.45) is 3.42. The highest BCUT2D eigenvalue weighted by Gasteiger charge is 2.58. The van der Waals surface area contributed by atoms with Gasteiger partial charge in [0.1, 0.15) is 6.29 Å². The normalized spacial score (nSPS) is 36.2. The van der Waals surface area contributed by atoms with Crippen molar-refractivity contribution in [3.05, 3.63) is 0 Å². The number of carbonyl (C=O) groups excluding carboxylic acids is 2. The van der Waals surface area contributed by atoms with Gasteiger partial charge in [0, 0.05) is 18.0 Å². The average molecular weight is 353 g/mol. The lowest BCUT2D eigenvalue weighted by atomic mass is 9.96. The molecule has 2 saturated carbocycles. The molecule has 0 aromatic heterocycles. The van der Waals surface area contributed by atoms with E-state index < -0.39 is 11.1 Å². The molecule has 6 N–H and O–H groups in total. The molecule has 144 valence electrons. The minimum Gasteiger partial charge on any atom is -0.350 e. The number of carbonyl (C=O) groups is 2. The zero-order valence-electron chi connectivity index (χ0n) is 16.3. The van der Waals surface area contributed by atoms with Crippen molar-refractivity contribution < 1.29 is 9.59 Å². The molecule has 0 aromatic rings. The fourth-order valence-corrected chi connectivity index (χ4v) is 4.11. The third-order valence-corrected chi connectivity index (χ3v) is 6.08. The molecular weight excluding hydrogens is 316 g/mol. The molecular formula is C19H36N4O2. The molecule has 0 radical (unpaired) electrons. The first-order valence-corrected chi connectivity index (χ1v) is 9.63. The van der Waals surface area contributed by atoms with E-state index in [9.17, 15) is 9.59 Å². The number of amides is 1. The van der Waals surface area contributed by atoms with Crippen molar-refractivity contribution in [1.29, 1.82) is 0 Å². The summed E-state index contributed by atoms with van der Waals surface area (Å²) >= 11 is 0. The summed E-state index contributed by atoms with van der Waals surface area (Å²) in [4.78, 5) is 24.3. The van der Waals surface area contributed by atoms with Gasteiger partial charge < -0.3 is 26.9 Å². The molecule has 0 spiro atoms. The molecule has 0 saturated heterocycles. The molecule has 25 heavy (non-hydrogen) atoms. The van der Waals surface area contributed by atoms with Crippen LogP contribution in [0.2, 0.25) is 0 Å². The fraction of sp³-hybridized carbons (Fsp3) is 0.895. The smallest absolute Gasteiger partial charge is 0.240 e. The quantitative estimate of drug-likeness (QED) is 0.434. The Kier molecular flexibility index (Phi) is 5.96. The first-order chi connectivity index (χ1) is 11.6. The molecule has 0 aliphatic heterocycles. The van der Waals surface area contributed by atoms with Gasteiger partial charge in [-0.1, -0.05) is 27.7 Å². The second kappa shape index (κ2) is 7.33. The van der Waals surface area contributed by atoms with Crippen molar-refractivity contribution in [2.24, 2.45) is 35.1 Å². The van der Waals surface area contributed by atoms with E-state index in [1.807, 2.05) is 6.92 Å². The molecule has 6 atom stereocenters. The van der Waals surface area contributed by atoms with Crippen molar-refractivity contribution >= 4 is 12.2 Å². The van der Waals surface area contributed by atoms with Gasteiger partial charge in [-0.25, -0.2) is 0 Å². The van der Waals surface area contributed by atoms with Crippen LogP contribution in [0.25, 0.3) is 0 Å². The Morgan fingerprint density at radius 2 is 1.88 bits per heavy atom. The molecule has 6 heteroatoms. The predicted octanol–water partition coefficient (Wildman–Crippen LogP) is 0.785. The Balaban J connectivity index is 2.02. The maximum Gasteiger partial charge on any atom is 0.240 e. The van der Waals surface area contributed by atoms with E-state index in [0.29, 0.717) is 30.7 Å². The highest BCUT2D eigenvalue weighted by Crippen LogP contribution is 2.47. The largest absolute Gasteiger partial charge is 0.350 e. The van der Waals surface area contributed by atoms with E-state index in [1.165, 1.54) is 0 Å². The van der Waals surface area contributed by atoms with E-state index in [0.717, 1.165) is 19.1 Å². The van der Waals surface area contributed by atoms with Crippen LogP contribution >= 0.6 is 0 Å². The van der Waals surface area contributed by atoms with Crippen LogP contribution in [0.3, 0.4) is 0 Å². The first-order valence-electron chi connectivity index (χ1n) is 9.63. The topological polar surface area (TPSA) is 110 Å². The van der Waals surface area contributed by atoms with Gasteiger partial charge in [0.05, 0.1) is 11.1 Å². The predicted molar refractivity (Wildman–Crippen MR) is 99.8 cm³/mol. The van der Waals surface area contributed by atoms with Crippen molar-refractivity contribution in [3.63, 3.8) is 0 Å². The van der Waals surface area contributed by atoms with Crippen molar-refractivity contribution in [3.8, 4) is 0 Å². The zero-order chi connectivity index (χ0) is 19.0. The summed E-state index contributed by atoms with van der Waals surface area (Å²) in [7, 11) is 0. The van der Waals surface area contributed by atoms with Gasteiger partial charge in [-0.15, -0.1) is 0 Å². The molecule has 6 nitrogen and oxygen atoms in total. The van der Waals surface area contributed by atoms with Gasteiger partial charge in [-0.3, -0.25) is 4.79 Å². The average Bonchev–Trinajstić information content (AvgIpc) is 3.41. The number of hydrogen-bond acceptors (Lipinski definition) is 5. The Morgan fingerprint density at radius 3 is 2.28 bits per heavy atom. The van der Waals surface area contributed by atoms with Crippen molar-refractivity contribution in [2.75, 3.05) is 6.54 Å². The van der Waals surface area contributed by atoms with Gasteiger partial charge in [-0.05, 0) is 50.5 Å². The van der Waals surface area contributed by atoms with Crippen LogP contribution in [0.5, 0.6) is 0 Å². The van der Waals surface area contributed by atoms with E-state index in [4.69, 9.17) is 11.5 Å². The van der Waals surface area contributed by atoms with Crippen LogP contribution in [0, 0.1) is 23.7 Å². The fourth-order valence-electron chi connectivity index (χ4n) is 4.11. The summed E-state index contributed by atoms with van der Waals surface area (Å²) in [5.74, 6) is 1.23. The minimum absolute atomic E-state index is 0.000948. The lowest BCUT2D eigenvalue weighted by Crippen LogP contribution is -2.57. The highest BCUT2D eigenvalue weighted by atomic mass is 16.2. The SMILES string of the molecule is CC(C)C[C@@H](NC(=O)C1(N)C[C@H]1CN)C(C)NC1(C=O)C[C@H]1C(C)C. The summed E-state index contributed by atoms with van der Waals surface area (Å²) in [6, 6.07) is -0.0591. The maximum atomic E-state index is 12.6. The third kappa shape index (κ3) is 4.23. The van der Waals surface area contributed by atoms with Crippen LogP contribution in [-0.4, -0.2) is 41.9 Å². The molecule has 0 bridgehead atoms. The molecule has 0 heterocycles. The number of aldehydes is 1. The number of nitrogens with two attached hydrogens (primary N) is 2. The van der Waals surface area contributed by atoms with Gasteiger partial charge in [0.2, 0.25) is 5.91 Å². The highest BCUT2D eigenvalue weighted by molar-refractivity contribution is 5.90. The molecule has 2 rings (SSSR count). The van der Waals surface area contributed by atoms with Crippen molar-refractivity contribution in [1.82, 2.24) is 10.6 Å². The minimum atomic E-state index is -0.813. The van der Waals surface area contributed by atoms with Crippen LogP contribution < -0.4 is 22.1 Å². The Hall–Kier alpha value is -0.980. The molecule has 0 aromatic carbocycles. The molecule has 2 aliphatic carbocycles. The second-order valence-electron chi connectivity index (χ2n) is 9.03. The monoisotopic (exact) mass is 352 g/mol. The summed E-state index contributed by atoms with van der Waals surface area (Å²) in [5, 5.41) is 6.64. The number of nitrogens with one attached hydrogen (secondary N) is 2. The van der Waals surface area contributed by atoms with Gasteiger partial charge >= 0.3 is 0 Å². The van der Waals surface area contributed by atoms with Gasteiger partial charge in [0.15, 0.2) is 0 Å².